The third kappa shape index (κ3) is 2.66. The van der Waals surface area contributed by atoms with E-state index >= 15 is 0 Å². The summed E-state index contributed by atoms with van der Waals surface area (Å²) in [5, 5.41) is 0.828. The fraction of sp³-hybridized carbons (Fsp3) is 0.500. The van der Waals surface area contributed by atoms with E-state index in [0.717, 1.165) is 10.6 Å². The van der Waals surface area contributed by atoms with Crippen LogP contribution in [0.3, 0.4) is 0 Å². The smallest absolute Gasteiger partial charge is 0.0435 e. The molecule has 84 valence electrons. The van der Waals surface area contributed by atoms with Crippen LogP contribution in [0.15, 0.2) is 18.2 Å². The van der Waals surface area contributed by atoms with Gasteiger partial charge < -0.3 is 5.73 Å². The van der Waals surface area contributed by atoms with Crippen molar-refractivity contribution < 1.29 is 0 Å². The predicted molar refractivity (Wildman–Crippen MR) is 67.7 cm³/mol. The van der Waals surface area contributed by atoms with E-state index in [1.807, 2.05) is 13.0 Å². The molecule has 2 N–H and O–H groups in total. The van der Waals surface area contributed by atoms with E-state index in [4.69, 9.17) is 17.3 Å². The second-order valence-electron chi connectivity index (χ2n) is 4.23. The first-order chi connectivity index (χ1) is 6.68. The van der Waals surface area contributed by atoms with E-state index < -0.39 is 0 Å². The van der Waals surface area contributed by atoms with Crippen molar-refractivity contribution in [3.8, 4) is 0 Å². The van der Waals surface area contributed by atoms with Gasteiger partial charge in [-0.2, -0.15) is 0 Å². The summed E-state index contributed by atoms with van der Waals surface area (Å²) in [5.41, 5.74) is 8.53. The molecule has 0 bridgehead atoms. The van der Waals surface area contributed by atoms with Crippen molar-refractivity contribution in [2.24, 2.45) is 11.7 Å². The Balaban J connectivity index is 0.00000112. The normalized spacial score (nSPS) is 17.8. The van der Waals surface area contributed by atoms with E-state index in [9.17, 15) is 0 Å². The third-order valence-corrected chi connectivity index (χ3v) is 3.65. The van der Waals surface area contributed by atoms with Crippen LogP contribution in [0.1, 0.15) is 36.4 Å². The van der Waals surface area contributed by atoms with Crippen LogP contribution in [0.4, 0.5) is 0 Å². The minimum atomic E-state index is 0. The van der Waals surface area contributed by atoms with Crippen LogP contribution in [0, 0.1) is 12.8 Å². The van der Waals surface area contributed by atoms with Gasteiger partial charge in [-0.1, -0.05) is 30.2 Å². The molecule has 0 aliphatic heterocycles. The summed E-state index contributed by atoms with van der Waals surface area (Å²) >= 11 is 5.97. The van der Waals surface area contributed by atoms with Gasteiger partial charge in [0.05, 0.1) is 0 Å². The minimum Gasteiger partial charge on any atom is -0.324 e. The lowest BCUT2D eigenvalue weighted by atomic mass is 9.77. The summed E-state index contributed by atoms with van der Waals surface area (Å²) in [4.78, 5) is 0. The molecule has 1 fully saturated rings. The molecule has 0 unspecified atom stereocenters. The van der Waals surface area contributed by atoms with Crippen molar-refractivity contribution in [2.75, 3.05) is 0 Å². The van der Waals surface area contributed by atoms with Gasteiger partial charge in [-0.05, 0) is 42.9 Å². The van der Waals surface area contributed by atoms with Crippen molar-refractivity contribution in [1.82, 2.24) is 0 Å². The Morgan fingerprint density at radius 3 is 2.53 bits per heavy atom. The van der Waals surface area contributed by atoms with Gasteiger partial charge in [-0.15, -0.1) is 12.4 Å². The van der Waals surface area contributed by atoms with Crippen LogP contribution in [-0.4, -0.2) is 0 Å². The molecule has 2 rings (SSSR count). The lowest BCUT2D eigenvalue weighted by Gasteiger charge is -2.31. The SMILES string of the molecule is Cc1cc([C@@H](N)C2CCC2)ccc1Cl.Cl. The molecule has 1 aromatic carbocycles. The van der Waals surface area contributed by atoms with E-state index in [-0.39, 0.29) is 18.4 Å². The number of benzene rings is 1. The van der Waals surface area contributed by atoms with Crippen LogP contribution >= 0.6 is 24.0 Å². The van der Waals surface area contributed by atoms with Gasteiger partial charge in [-0.3, -0.25) is 0 Å². The van der Waals surface area contributed by atoms with Crippen LogP contribution < -0.4 is 5.73 Å². The van der Waals surface area contributed by atoms with Crippen LogP contribution in [0.5, 0.6) is 0 Å². The van der Waals surface area contributed by atoms with E-state index in [1.54, 1.807) is 0 Å². The molecule has 1 nitrogen and oxygen atoms in total. The predicted octanol–water partition coefficient (Wildman–Crippen LogP) is 3.87. The zero-order chi connectivity index (χ0) is 10.1. The third-order valence-electron chi connectivity index (χ3n) is 3.22. The lowest BCUT2D eigenvalue weighted by Crippen LogP contribution is -2.26. The molecule has 0 aromatic heterocycles. The van der Waals surface area contributed by atoms with Crippen molar-refractivity contribution in [3.63, 3.8) is 0 Å². The number of hydrogen-bond acceptors (Lipinski definition) is 1. The molecular weight excluding hydrogens is 229 g/mol. The molecule has 0 saturated heterocycles. The number of halogens is 2. The number of rotatable bonds is 2. The molecule has 15 heavy (non-hydrogen) atoms. The molecule has 3 heteroatoms. The fourth-order valence-electron chi connectivity index (χ4n) is 1.95. The monoisotopic (exact) mass is 245 g/mol. The van der Waals surface area contributed by atoms with Gasteiger partial charge in [0.15, 0.2) is 0 Å². The number of nitrogens with two attached hydrogens (primary N) is 1. The summed E-state index contributed by atoms with van der Waals surface area (Å²) < 4.78 is 0. The Morgan fingerprint density at radius 1 is 1.40 bits per heavy atom. The van der Waals surface area contributed by atoms with E-state index in [1.165, 1.54) is 24.8 Å². The average molecular weight is 246 g/mol. The highest BCUT2D eigenvalue weighted by molar-refractivity contribution is 6.31. The van der Waals surface area contributed by atoms with Crippen LogP contribution in [0.2, 0.25) is 5.02 Å². The Labute approximate surface area is 102 Å². The van der Waals surface area contributed by atoms with Crippen molar-refractivity contribution >= 4 is 24.0 Å². The van der Waals surface area contributed by atoms with Gasteiger partial charge in [0.1, 0.15) is 0 Å². The second kappa shape index (κ2) is 5.20. The first kappa shape index (κ1) is 12.8. The zero-order valence-electron chi connectivity index (χ0n) is 8.87. The molecule has 1 atom stereocenters. The fourth-order valence-corrected chi connectivity index (χ4v) is 2.06. The van der Waals surface area contributed by atoms with Crippen LogP contribution in [-0.2, 0) is 0 Å². The highest BCUT2D eigenvalue weighted by Crippen LogP contribution is 2.36. The Bertz CT molecular complexity index is 334. The van der Waals surface area contributed by atoms with E-state index in [0.29, 0.717) is 5.92 Å². The maximum absolute atomic E-state index is 6.18. The average Bonchev–Trinajstić information content (AvgIpc) is 2.06. The van der Waals surface area contributed by atoms with Crippen molar-refractivity contribution in [2.45, 2.75) is 32.2 Å². The van der Waals surface area contributed by atoms with Gasteiger partial charge >= 0.3 is 0 Å². The van der Waals surface area contributed by atoms with Gasteiger partial charge in [0, 0.05) is 11.1 Å². The maximum atomic E-state index is 6.18. The summed E-state index contributed by atoms with van der Waals surface area (Å²) in [6.45, 7) is 2.03. The molecule has 1 aromatic rings. The van der Waals surface area contributed by atoms with Gasteiger partial charge in [-0.25, -0.2) is 0 Å². The Hall–Kier alpha value is -0.240. The highest BCUT2D eigenvalue weighted by atomic mass is 35.5. The topological polar surface area (TPSA) is 26.0 Å². The standard InChI is InChI=1S/C12H16ClN.ClH/c1-8-7-10(5-6-11(8)13)12(14)9-3-2-4-9;/h5-7,9,12H,2-4,14H2,1H3;1H/t12-;/m0./s1. The van der Waals surface area contributed by atoms with Crippen LogP contribution in [0.25, 0.3) is 0 Å². The maximum Gasteiger partial charge on any atom is 0.0435 e. The molecular formula is C12H17Cl2N. The molecule has 0 heterocycles. The highest BCUT2D eigenvalue weighted by Gasteiger charge is 2.25. The summed E-state index contributed by atoms with van der Waals surface area (Å²) in [5.74, 6) is 0.690. The Morgan fingerprint density at radius 2 is 2.07 bits per heavy atom. The van der Waals surface area contributed by atoms with E-state index in [2.05, 4.69) is 12.1 Å². The molecule has 1 aliphatic carbocycles. The lowest BCUT2D eigenvalue weighted by molar-refractivity contribution is 0.264. The second-order valence-corrected chi connectivity index (χ2v) is 4.63. The molecule has 0 amide bonds. The summed E-state index contributed by atoms with van der Waals surface area (Å²) in [6.07, 6.45) is 3.90. The zero-order valence-corrected chi connectivity index (χ0v) is 10.4. The largest absolute Gasteiger partial charge is 0.324 e. The first-order valence-corrected chi connectivity index (χ1v) is 5.58. The Kier molecular flexibility index (Phi) is 4.45. The molecule has 0 radical (unpaired) electrons. The summed E-state index contributed by atoms with van der Waals surface area (Å²) in [6, 6.07) is 6.33. The van der Waals surface area contributed by atoms with Gasteiger partial charge in [0.25, 0.3) is 0 Å². The number of hydrogen-bond donors (Lipinski definition) is 1. The van der Waals surface area contributed by atoms with Gasteiger partial charge in [0.2, 0.25) is 0 Å². The molecule has 0 spiro atoms. The molecule has 1 aliphatic rings. The molecule has 1 saturated carbocycles. The van der Waals surface area contributed by atoms with Crippen molar-refractivity contribution in [1.29, 1.82) is 0 Å². The van der Waals surface area contributed by atoms with Crippen molar-refractivity contribution in [3.05, 3.63) is 34.3 Å². The minimum absolute atomic E-state index is 0. The number of aryl methyl sites for hydroxylation is 1. The summed E-state index contributed by atoms with van der Waals surface area (Å²) in [7, 11) is 0. The first-order valence-electron chi connectivity index (χ1n) is 5.20. The quantitative estimate of drug-likeness (QED) is 0.842.